The van der Waals surface area contributed by atoms with Crippen molar-refractivity contribution in [1.82, 2.24) is 10.2 Å². The molecule has 4 nitrogen and oxygen atoms in total. The molecular weight excluding hydrogens is 272 g/mol. The third-order valence-corrected chi connectivity index (χ3v) is 3.26. The maximum atomic E-state index is 11.0. The Bertz CT molecular complexity index is 604. The van der Waals surface area contributed by atoms with Gasteiger partial charge in [-0.2, -0.15) is 5.10 Å². The molecule has 0 atom stereocenters. The molecule has 0 unspecified atom stereocenters. The first-order valence-electron chi connectivity index (χ1n) is 4.76. The summed E-state index contributed by atoms with van der Waals surface area (Å²) in [7, 11) is 0. The Hall–Kier alpha value is -1.62. The molecule has 1 aliphatic carbocycles. The van der Waals surface area contributed by atoms with E-state index in [1.165, 1.54) is 0 Å². The molecule has 0 spiro atoms. The van der Waals surface area contributed by atoms with E-state index < -0.39 is 5.97 Å². The molecule has 3 rings (SSSR count). The summed E-state index contributed by atoms with van der Waals surface area (Å²) < 4.78 is 0.997. The van der Waals surface area contributed by atoms with Gasteiger partial charge in [0.15, 0.2) is 0 Å². The highest BCUT2D eigenvalue weighted by atomic mass is 79.9. The van der Waals surface area contributed by atoms with Gasteiger partial charge in [0.05, 0.1) is 5.69 Å². The average Bonchev–Trinajstić information content (AvgIpc) is 2.74. The Morgan fingerprint density at radius 1 is 1.50 bits per heavy atom. The maximum absolute atomic E-state index is 11.0. The molecule has 2 N–H and O–H groups in total. The highest BCUT2D eigenvalue weighted by Gasteiger charge is 2.27. The highest BCUT2D eigenvalue weighted by Crippen LogP contribution is 2.37. The highest BCUT2D eigenvalue weighted by molar-refractivity contribution is 9.10. The van der Waals surface area contributed by atoms with Gasteiger partial charge in [-0.3, -0.25) is 5.10 Å². The van der Waals surface area contributed by atoms with Crippen molar-refractivity contribution in [2.75, 3.05) is 0 Å². The van der Waals surface area contributed by atoms with Crippen molar-refractivity contribution in [3.8, 4) is 11.3 Å². The fraction of sp³-hybridized carbons (Fsp3) is 0.0909. The van der Waals surface area contributed by atoms with Crippen molar-refractivity contribution in [3.63, 3.8) is 0 Å². The second-order valence-corrected chi connectivity index (χ2v) is 4.62. The van der Waals surface area contributed by atoms with Crippen molar-refractivity contribution >= 4 is 21.9 Å². The molecule has 0 saturated heterocycles. The summed E-state index contributed by atoms with van der Waals surface area (Å²) in [5, 5.41) is 15.6. The number of carboxylic acids is 1. The summed E-state index contributed by atoms with van der Waals surface area (Å²) in [5.74, 6) is -0.958. The zero-order chi connectivity index (χ0) is 11.3. The second kappa shape index (κ2) is 3.18. The minimum absolute atomic E-state index is 0.197. The first-order valence-corrected chi connectivity index (χ1v) is 5.55. The van der Waals surface area contributed by atoms with Crippen LogP contribution in [-0.2, 0) is 6.42 Å². The smallest absolute Gasteiger partial charge is 0.354 e. The molecule has 2 aromatic rings. The standard InChI is InChI=1S/C11H7BrN2O2/c12-6-1-2-7-5(3-6)4-8-9(7)13-14-10(8)11(15)16/h1-3H,4H2,(H,13,14)(H,15,16). The maximum Gasteiger partial charge on any atom is 0.354 e. The lowest BCUT2D eigenvalue weighted by Gasteiger charge is -1.98. The number of aromatic nitrogens is 2. The van der Waals surface area contributed by atoms with Gasteiger partial charge in [0.2, 0.25) is 0 Å². The summed E-state index contributed by atoms with van der Waals surface area (Å²) in [6, 6.07) is 5.89. The van der Waals surface area contributed by atoms with Crippen LogP contribution in [0.4, 0.5) is 0 Å². The number of benzene rings is 1. The van der Waals surface area contributed by atoms with Crippen LogP contribution in [0.5, 0.6) is 0 Å². The van der Waals surface area contributed by atoms with Gasteiger partial charge in [-0.15, -0.1) is 0 Å². The first kappa shape index (κ1) is 9.59. The van der Waals surface area contributed by atoms with Crippen LogP contribution in [0, 0.1) is 0 Å². The third-order valence-electron chi connectivity index (χ3n) is 2.77. The Morgan fingerprint density at radius 2 is 2.31 bits per heavy atom. The fourth-order valence-electron chi connectivity index (χ4n) is 2.07. The van der Waals surface area contributed by atoms with Crippen molar-refractivity contribution in [2.45, 2.75) is 6.42 Å². The number of hydrogen-bond donors (Lipinski definition) is 2. The van der Waals surface area contributed by atoms with Crippen molar-refractivity contribution in [3.05, 3.63) is 39.5 Å². The van der Waals surface area contributed by atoms with Crippen LogP contribution in [0.25, 0.3) is 11.3 Å². The lowest BCUT2D eigenvalue weighted by molar-refractivity contribution is 0.0689. The molecule has 0 saturated carbocycles. The van der Waals surface area contributed by atoms with Crippen molar-refractivity contribution in [1.29, 1.82) is 0 Å². The van der Waals surface area contributed by atoms with E-state index in [2.05, 4.69) is 26.1 Å². The number of halogens is 1. The Balaban J connectivity index is 2.20. The molecule has 5 heteroatoms. The van der Waals surface area contributed by atoms with E-state index in [-0.39, 0.29) is 5.69 Å². The number of aromatic amines is 1. The lowest BCUT2D eigenvalue weighted by Crippen LogP contribution is -2.00. The van der Waals surface area contributed by atoms with E-state index in [0.29, 0.717) is 6.42 Å². The monoisotopic (exact) mass is 278 g/mol. The van der Waals surface area contributed by atoms with E-state index in [1.54, 1.807) is 0 Å². The van der Waals surface area contributed by atoms with Crippen molar-refractivity contribution in [2.24, 2.45) is 0 Å². The largest absolute Gasteiger partial charge is 0.477 e. The number of nitrogens with one attached hydrogen (secondary N) is 1. The zero-order valence-corrected chi connectivity index (χ0v) is 9.71. The van der Waals surface area contributed by atoms with E-state index in [1.807, 2.05) is 18.2 Å². The minimum Gasteiger partial charge on any atom is -0.477 e. The predicted molar refractivity (Wildman–Crippen MR) is 61.5 cm³/mol. The molecule has 0 fully saturated rings. The van der Waals surface area contributed by atoms with E-state index in [9.17, 15) is 4.79 Å². The molecule has 0 radical (unpaired) electrons. The van der Waals surface area contributed by atoms with Crippen LogP contribution in [0.2, 0.25) is 0 Å². The predicted octanol–water partition coefficient (Wildman–Crippen LogP) is 2.44. The number of hydrogen-bond acceptors (Lipinski definition) is 2. The number of rotatable bonds is 1. The zero-order valence-electron chi connectivity index (χ0n) is 8.12. The minimum atomic E-state index is -0.958. The Labute approximate surface area is 99.4 Å². The van der Waals surface area contributed by atoms with Crippen molar-refractivity contribution < 1.29 is 9.90 Å². The normalized spacial score (nSPS) is 12.3. The van der Waals surface area contributed by atoms with Crippen LogP contribution >= 0.6 is 15.9 Å². The van der Waals surface area contributed by atoms with Gasteiger partial charge in [0, 0.05) is 22.0 Å². The topological polar surface area (TPSA) is 66.0 Å². The number of H-pyrrole nitrogens is 1. The number of nitrogens with zero attached hydrogens (tertiary/aromatic N) is 1. The first-order chi connectivity index (χ1) is 7.66. The van der Waals surface area contributed by atoms with Gasteiger partial charge in [-0.05, 0) is 17.7 Å². The van der Waals surface area contributed by atoms with Crippen LogP contribution in [0.1, 0.15) is 21.6 Å². The molecule has 0 bridgehead atoms. The van der Waals surface area contributed by atoms with E-state index in [0.717, 1.165) is 26.9 Å². The molecule has 1 aromatic heterocycles. The molecule has 16 heavy (non-hydrogen) atoms. The number of aromatic carboxylic acids is 1. The lowest BCUT2D eigenvalue weighted by atomic mass is 10.1. The van der Waals surface area contributed by atoms with Gasteiger partial charge >= 0.3 is 5.97 Å². The molecule has 1 aliphatic rings. The quantitative estimate of drug-likeness (QED) is 0.719. The number of carbonyl (C=O) groups is 1. The van der Waals surface area contributed by atoms with Gasteiger partial charge in [-0.1, -0.05) is 22.0 Å². The number of carboxylic acid groups (broad SMARTS) is 1. The molecule has 80 valence electrons. The van der Waals surface area contributed by atoms with E-state index >= 15 is 0 Å². The van der Waals surface area contributed by atoms with Crippen LogP contribution in [0.3, 0.4) is 0 Å². The van der Waals surface area contributed by atoms with Gasteiger partial charge in [-0.25, -0.2) is 4.79 Å². The molecular formula is C11H7BrN2O2. The second-order valence-electron chi connectivity index (χ2n) is 3.71. The van der Waals surface area contributed by atoms with E-state index in [4.69, 9.17) is 5.11 Å². The Kier molecular flexibility index (Phi) is 1.91. The molecule has 0 amide bonds. The summed E-state index contributed by atoms with van der Waals surface area (Å²) in [4.78, 5) is 11.0. The van der Waals surface area contributed by atoms with Crippen LogP contribution < -0.4 is 0 Å². The summed E-state index contributed by atoms with van der Waals surface area (Å²) in [6.45, 7) is 0. The fourth-order valence-corrected chi connectivity index (χ4v) is 2.48. The number of fused-ring (bicyclic) bond motifs is 3. The summed E-state index contributed by atoms with van der Waals surface area (Å²) in [5.41, 5.74) is 3.87. The SMILES string of the molecule is O=C(O)c1[nH]nc2c1Cc1cc(Br)ccc1-2. The molecule has 0 aliphatic heterocycles. The van der Waals surface area contributed by atoms with Gasteiger partial charge < -0.3 is 5.11 Å². The average molecular weight is 279 g/mol. The molecule has 1 heterocycles. The molecule has 1 aromatic carbocycles. The van der Waals surface area contributed by atoms with Gasteiger partial charge in [0.1, 0.15) is 5.69 Å². The summed E-state index contributed by atoms with van der Waals surface area (Å²) >= 11 is 3.40. The van der Waals surface area contributed by atoms with Crippen LogP contribution in [0.15, 0.2) is 22.7 Å². The van der Waals surface area contributed by atoms with Crippen LogP contribution in [-0.4, -0.2) is 21.3 Å². The Morgan fingerprint density at radius 3 is 3.06 bits per heavy atom. The summed E-state index contributed by atoms with van der Waals surface area (Å²) in [6.07, 6.45) is 0.627. The van der Waals surface area contributed by atoms with Gasteiger partial charge in [0.25, 0.3) is 0 Å². The third kappa shape index (κ3) is 1.21.